The molecule has 0 aliphatic carbocycles. The number of nitrogens with two attached hydrogens (primary N) is 1. The molecule has 2 aliphatic rings. The number of rotatable bonds is 16. The Morgan fingerprint density at radius 2 is 1.64 bits per heavy atom. The third kappa shape index (κ3) is 10.3. The van der Waals surface area contributed by atoms with Gasteiger partial charge in [0.15, 0.2) is 0 Å². The number of benzene rings is 4. The number of phenolic OH excluding ortho intramolecular Hbond substituents is 1. The number of hydrogen-bond acceptors (Lipinski definition) is 8. The number of nitrogens with zero attached hydrogens (tertiary/aromatic N) is 6. The molecule has 350 valence electrons. The highest BCUT2D eigenvalue weighted by Gasteiger charge is 2.33. The summed E-state index contributed by atoms with van der Waals surface area (Å²) in [5.74, 6) is 6.05. The van der Waals surface area contributed by atoms with Crippen LogP contribution in [0, 0.1) is 6.92 Å². The monoisotopic (exact) mass is 915 g/mol. The number of halogens is 2. The van der Waals surface area contributed by atoms with Crippen molar-refractivity contribution in [3.63, 3.8) is 0 Å². The Labute approximate surface area is 388 Å². The molecule has 0 bridgehead atoms. The number of carbonyl (C=O) groups excluding carboxylic acids is 3. The Bertz CT molecular complexity index is 2740. The van der Waals surface area contributed by atoms with Crippen molar-refractivity contribution in [3.8, 4) is 22.8 Å². The van der Waals surface area contributed by atoms with Gasteiger partial charge in [-0.05, 0) is 116 Å². The number of quaternary nitrogens is 1. The number of aromatic nitrogens is 3. The van der Waals surface area contributed by atoms with E-state index < -0.39 is 12.5 Å². The van der Waals surface area contributed by atoms with E-state index >= 15 is 4.79 Å². The second-order valence-corrected chi connectivity index (χ2v) is 17.2. The van der Waals surface area contributed by atoms with Crippen molar-refractivity contribution in [1.29, 1.82) is 0 Å². The molecule has 3 amide bonds. The van der Waals surface area contributed by atoms with Crippen molar-refractivity contribution >= 4 is 29.1 Å². The number of phenols is 1. The summed E-state index contributed by atoms with van der Waals surface area (Å²) in [7, 11) is 1.83. The number of nitrogens with one attached hydrogen (secondary N) is 1. The van der Waals surface area contributed by atoms with Crippen LogP contribution in [-0.2, 0) is 48.9 Å². The zero-order valence-corrected chi connectivity index (χ0v) is 38.3. The fourth-order valence-electron chi connectivity index (χ4n) is 8.91. The van der Waals surface area contributed by atoms with Crippen LogP contribution in [0.25, 0.3) is 11.3 Å². The van der Waals surface area contributed by atoms with Crippen LogP contribution in [0.1, 0.15) is 74.6 Å². The maximum Gasteiger partial charge on any atom is 0.333 e. The topological polar surface area (TPSA) is 153 Å². The van der Waals surface area contributed by atoms with Crippen LogP contribution >= 0.6 is 0 Å². The normalized spacial score (nSPS) is 15.0. The fraction of sp³-hybridized carbons (Fsp3) is 0.333. The van der Waals surface area contributed by atoms with E-state index in [1.54, 1.807) is 13.0 Å². The van der Waals surface area contributed by atoms with E-state index in [0.717, 1.165) is 33.5 Å². The Morgan fingerprint density at radius 1 is 0.910 bits per heavy atom. The van der Waals surface area contributed by atoms with Crippen LogP contribution in [-0.4, -0.2) is 92.5 Å². The molecule has 0 saturated carbocycles. The molecule has 0 radical (unpaired) electrons. The van der Waals surface area contributed by atoms with Gasteiger partial charge in [0.05, 0.1) is 36.7 Å². The summed E-state index contributed by atoms with van der Waals surface area (Å²) in [5.41, 5.74) is 7.97. The molecule has 0 saturated heterocycles. The van der Waals surface area contributed by atoms with E-state index in [4.69, 9.17) is 15.3 Å². The first kappa shape index (κ1) is 46.6. The second kappa shape index (κ2) is 20.3. The average molecular weight is 916 g/mol. The molecule has 4 heterocycles. The van der Waals surface area contributed by atoms with E-state index in [1.807, 2.05) is 89.9 Å². The lowest BCUT2D eigenvalue weighted by Crippen LogP contribution is -3.18. The molecule has 2 aromatic heterocycles. The van der Waals surface area contributed by atoms with E-state index in [9.17, 15) is 23.5 Å². The summed E-state index contributed by atoms with van der Waals surface area (Å²) in [6.45, 7) is 7.08. The fourth-order valence-corrected chi connectivity index (χ4v) is 8.91. The van der Waals surface area contributed by atoms with Gasteiger partial charge in [-0.15, -0.1) is 0 Å². The lowest BCUT2D eigenvalue weighted by Gasteiger charge is -2.36. The number of alkyl halides is 2. The van der Waals surface area contributed by atoms with E-state index in [2.05, 4.69) is 11.2 Å². The highest BCUT2D eigenvalue weighted by molar-refractivity contribution is 6.12. The maximum atomic E-state index is 15.1. The smallest absolute Gasteiger partial charge is 0.333 e. The summed E-state index contributed by atoms with van der Waals surface area (Å²) >= 11 is 0. The summed E-state index contributed by atoms with van der Waals surface area (Å²) in [6, 6.07) is 27.1. The SMILES string of the molecule is CCOCC[NH+](N)CCOc1ccc(CC(=O)N2CCc3cc(-c4cc(C(=O)N(c5ccc(O)cc5)c5cnn(C(F)F)c5)c(C)n4C)c(C(=O)N4Cc5ccccc5C[C@H]4C)cc3C2)cc1. The first-order valence-electron chi connectivity index (χ1n) is 22.6. The average Bonchev–Trinajstić information content (AvgIpc) is 3.93. The van der Waals surface area contributed by atoms with Gasteiger partial charge in [0.1, 0.15) is 31.2 Å². The maximum absolute atomic E-state index is 15.1. The number of aromatic hydroxyl groups is 1. The number of ether oxygens (including phenoxy) is 2. The predicted molar refractivity (Wildman–Crippen MR) is 249 cm³/mol. The first-order valence-corrected chi connectivity index (χ1v) is 22.6. The van der Waals surface area contributed by atoms with Gasteiger partial charge in [-0.25, -0.2) is 4.68 Å². The number of hydrogen-bond donors (Lipinski definition) is 3. The molecule has 2 atom stereocenters. The van der Waals surface area contributed by atoms with Crippen LogP contribution in [0.3, 0.4) is 0 Å². The Kier molecular flexibility index (Phi) is 14.2. The number of fused-ring (bicyclic) bond motifs is 2. The summed E-state index contributed by atoms with van der Waals surface area (Å²) in [4.78, 5) is 48.7. The van der Waals surface area contributed by atoms with Crippen LogP contribution in [0.15, 0.2) is 103 Å². The van der Waals surface area contributed by atoms with Gasteiger partial charge in [0.25, 0.3) is 11.8 Å². The van der Waals surface area contributed by atoms with Crippen LogP contribution in [0.4, 0.5) is 20.2 Å². The third-order valence-electron chi connectivity index (χ3n) is 12.8. The van der Waals surface area contributed by atoms with Gasteiger partial charge < -0.3 is 28.9 Å². The quantitative estimate of drug-likeness (QED) is 0.0593. The molecular weight excluding hydrogens is 859 g/mol. The van der Waals surface area contributed by atoms with Crippen molar-refractivity contribution in [2.45, 2.75) is 65.7 Å². The standard InChI is InChI=1S/C51H56F2N8O6/c1-5-66-22-20-58(54)21-23-67-43-16-10-35(11-17-43)25-48(63)57-19-18-37-26-45(46(27-39(37)30-57)49(64)59-31-38-9-7-6-8-36(38)24-33(59)2)47-28-44(34(3)56(47)4)50(65)61(40-12-14-42(62)15-13-40)41-29-55-60(32-41)51(52)53/h6-17,26-29,32-33,51,62H,5,18-25,30-31,54H2,1-4H3/p+1/t33-/m1/s1. The number of amides is 3. The minimum absolute atomic E-state index is 0.0288. The predicted octanol–water partition coefficient (Wildman–Crippen LogP) is 6.16. The Hall–Kier alpha value is -6.88. The lowest BCUT2D eigenvalue weighted by atomic mass is 9.89. The minimum Gasteiger partial charge on any atom is -0.508 e. The minimum atomic E-state index is -2.92. The van der Waals surface area contributed by atoms with Gasteiger partial charge >= 0.3 is 6.55 Å². The second-order valence-electron chi connectivity index (χ2n) is 17.2. The van der Waals surface area contributed by atoms with Gasteiger partial charge in [-0.3, -0.25) is 24.3 Å². The van der Waals surface area contributed by atoms with Crippen molar-refractivity contribution in [2.24, 2.45) is 12.9 Å². The van der Waals surface area contributed by atoms with E-state index in [0.29, 0.717) is 104 Å². The van der Waals surface area contributed by atoms with Gasteiger partial charge in [0, 0.05) is 67.5 Å². The summed E-state index contributed by atoms with van der Waals surface area (Å²) in [6.07, 6.45) is 3.73. The van der Waals surface area contributed by atoms with E-state index in [-0.39, 0.29) is 41.3 Å². The molecule has 14 nitrogen and oxygen atoms in total. The van der Waals surface area contributed by atoms with Crippen molar-refractivity contribution < 1.29 is 42.8 Å². The van der Waals surface area contributed by atoms with Crippen molar-refractivity contribution in [1.82, 2.24) is 24.1 Å². The molecule has 67 heavy (non-hydrogen) atoms. The molecule has 0 spiro atoms. The van der Waals surface area contributed by atoms with E-state index in [1.165, 1.54) is 40.9 Å². The van der Waals surface area contributed by atoms with Gasteiger partial charge in [0.2, 0.25) is 5.91 Å². The van der Waals surface area contributed by atoms with Crippen LogP contribution < -0.4 is 20.5 Å². The molecule has 2 aliphatic heterocycles. The molecular formula is C51H57F2N8O6+. The van der Waals surface area contributed by atoms with Gasteiger partial charge in [-0.2, -0.15) is 19.7 Å². The third-order valence-corrected chi connectivity index (χ3v) is 12.8. The number of anilines is 2. The molecule has 16 heteroatoms. The molecule has 4 aromatic carbocycles. The van der Waals surface area contributed by atoms with Crippen molar-refractivity contribution in [3.05, 3.63) is 148 Å². The Balaban J connectivity index is 1.08. The summed E-state index contributed by atoms with van der Waals surface area (Å²) in [5, 5.41) is 14.7. The highest BCUT2D eigenvalue weighted by atomic mass is 19.3. The molecule has 4 N–H and O–H groups in total. The first-order chi connectivity index (χ1) is 32.3. The largest absolute Gasteiger partial charge is 0.508 e. The molecule has 0 fully saturated rings. The number of carbonyl (C=O) groups is 3. The van der Waals surface area contributed by atoms with Gasteiger partial charge in [-0.1, -0.05) is 36.4 Å². The Morgan fingerprint density at radius 3 is 2.36 bits per heavy atom. The zero-order chi connectivity index (χ0) is 47.4. The summed E-state index contributed by atoms with van der Waals surface area (Å²) < 4.78 is 41.1. The molecule has 1 unspecified atom stereocenters. The van der Waals surface area contributed by atoms with Crippen molar-refractivity contribution in [2.75, 3.05) is 44.4 Å². The molecule has 8 rings (SSSR count). The zero-order valence-electron chi connectivity index (χ0n) is 38.3. The lowest BCUT2D eigenvalue weighted by molar-refractivity contribution is -0.913. The highest BCUT2D eigenvalue weighted by Crippen LogP contribution is 2.37. The molecule has 6 aromatic rings. The van der Waals surface area contributed by atoms with Crippen LogP contribution in [0.5, 0.6) is 11.5 Å². The van der Waals surface area contributed by atoms with Crippen LogP contribution in [0.2, 0.25) is 0 Å².